The Hall–Kier alpha value is -2.73. The number of nitriles is 1. The highest BCUT2D eigenvalue weighted by molar-refractivity contribution is 7.07. The van der Waals surface area contributed by atoms with Gasteiger partial charge >= 0.3 is 0 Å². The molecule has 0 saturated carbocycles. The van der Waals surface area contributed by atoms with E-state index < -0.39 is 17.4 Å². The van der Waals surface area contributed by atoms with E-state index in [2.05, 4.69) is 0 Å². The average molecular weight is 538 g/mol. The van der Waals surface area contributed by atoms with Gasteiger partial charge in [0.25, 0.3) is 5.56 Å². The lowest BCUT2D eigenvalue weighted by atomic mass is 9.83. The molecule has 1 amide bonds. The van der Waals surface area contributed by atoms with Gasteiger partial charge < -0.3 is 11.5 Å². The van der Waals surface area contributed by atoms with Gasteiger partial charge in [-0.25, -0.2) is 0 Å². The third-order valence-corrected chi connectivity index (χ3v) is 7.29. The average Bonchev–Trinajstić information content (AvgIpc) is 3.06. The van der Waals surface area contributed by atoms with Crippen molar-refractivity contribution in [2.24, 2.45) is 11.5 Å². The minimum atomic E-state index is -0.970. The molecule has 2 aromatic carbocycles. The topological polar surface area (TPSA) is 115 Å². The number of halogens is 4. The highest BCUT2D eigenvalue weighted by atomic mass is 35.5. The second-order valence-corrected chi connectivity index (χ2v) is 9.73. The molecular weight excluding hydrogens is 526 g/mol. The summed E-state index contributed by atoms with van der Waals surface area (Å²) < 4.78 is 1.55. The molecule has 1 aromatic heterocycles. The number of allylic oxidation sites excluding steroid dienone is 1. The maximum atomic E-state index is 13.2. The maximum absolute atomic E-state index is 13.2. The number of hydrogen-bond donors (Lipinski definition) is 2. The Kier molecular flexibility index (Phi) is 6.32. The van der Waals surface area contributed by atoms with Crippen LogP contribution < -0.4 is 26.2 Å². The predicted octanol–water partition coefficient (Wildman–Crippen LogP) is 3.44. The molecule has 3 aromatic rings. The number of aromatic nitrogens is 1. The standard InChI is InChI=1S/C22H12Cl4N4O2S/c23-10-2-1-9(14(25)6-10)5-16-21(32)30-19(28)13(8-27)17(18(20(29)31)22(30)33-16)12-4-3-11(24)7-15(12)26/h1-7,17H,28H2,(H2,29,31)/b16-5-/t17-/m0/s1. The zero-order valence-electron chi connectivity index (χ0n) is 16.4. The normalized spacial score (nSPS) is 16.0. The number of nitrogens with zero attached hydrogens (tertiary/aromatic N) is 2. The Morgan fingerprint density at radius 2 is 1.73 bits per heavy atom. The Morgan fingerprint density at radius 1 is 1.09 bits per heavy atom. The first-order valence-corrected chi connectivity index (χ1v) is 11.5. The van der Waals surface area contributed by atoms with E-state index in [1.807, 2.05) is 6.07 Å². The summed E-state index contributed by atoms with van der Waals surface area (Å²) in [6, 6.07) is 11.5. The molecule has 1 aliphatic heterocycles. The Morgan fingerprint density at radius 3 is 2.30 bits per heavy atom. The van der Waals surface area contributed by atoms with Crippen molar-refractivity contribution >= 4 is 81.1 Å². The summed E-state index contributed by atoms with van der Waals surface area (Å²) in [4.78, 5) is 25.8. The van der Waals surface area contributed by atoms with E-state index in [4.69, 9.17) is 57.9 Å². The van der Waals surface area contributed by atoms with Gasteiger partial charge in [0.1, 0.15) is 10.5 Å². The lowest BCUT2D eigenvalue weighted by molar-refractivity contribution is -0.113. The zero-order chi connectivity index (χ0) is 24.0. The van der Waals surface area contributed by atoms with Crippen LogP contribution in [0.3, 0.4) is 0 Å². The van der Waals surface area contributed by atoms with E-state index in [1.54, 1.807) is 36.4 Å². The molecule has 0 bridgehead atoms. The predicted molar refractivity (Wildman–Crippen MR) is 133 cm³/mol. The number of primary amides is 1. The molecule has 1 aliphatic rings. The number of hydrogen-bond acceptors (Lipinski definition) is 5. The number of fused-ring (bicyclic) bond motifs is 1. The summed E-state index contributed by atoms with van der Waals surface area (Å²) in [7, 11) is 0. The van der Waals surface area contributed by atoms with Gasteiger partial charge in [-0.05, 0) is 41.5 Å². The van der Waals surface area contributed by atoms with Crippen LogP contribution in [0.4, 0.5) is 0 Å². The minimum absolute atomic E-state index is 0.0222. The first-order valence-electron chi connectivity index (χ1n) is 9.21. The quantitative estimate of drug-likeness (QED) is 0.532. The summed E-state index contributed by atoms with van der Waals surface area (Å²) >= 11 is 25.6. The summed E-state index contributed by atoms with van der Waals surface area (Å²) in [5, 5.41) is 11.3. The van der Waals surface area contributed by atoms with Gasteiger partial charge in [0.05, 0.1) is 27.7 Å². The van der Waals surface area contributed by atoms with Gasteiger partial charge in [0.2, 0.25) is 5.91 Å². The van der Waals surface area contributed by atoms with Crippen LogP contribution in [0.25, 0.3) is 17.5 Å². The lowest BCUT2D eigenvalue weighted by Crippen LogP contribution is -2.41. The van der Waals surface area contributed by atoms with Crippen LogP contribution in [0.2, 0.25) is 20.1 Å². The lowest BCUT2D eigenvalue weighted by Gasteiger charge is -2.24. The SMILES string of the molecule is N#CC1=C(N)n2c(s/c(=C\c3ccc(Cl)cc3Cl)c2=O)=C(C(N)=O)[C@H]1c1ccc(Cl)cc1Cl. The van der Waals surface area contributed by atoms with E-state index in [9.17, 15) is 14.9 Å². The van der Waals surface area contributed by atoms with E-state index >= 15 is 0 Å². The highest BCUT2D eigenvalue weighted by Crippen LogP contribution is 2.39. The number of carbonyl (C=O) groups is 1. The molecule has 1 atom stereocenters. The van der Waals surface area contributed by atoms with Crippen molar-refractivity contribution in [3.8, 4) is 6.07 Å². The molecule has 0 radical (unpaired) electrons. The van der Waals surface area contributed by atoms with Gasteiger partial charge in [-0.15, -0.1) is 11.3 Å². The van der Waals surface area contributed by atoms with Gasteiger partial charge in [0.15, 0.2) is 0 Å². The van der Waals surface area contributed by atoms with Crippen molar-refractivity contribution in [2.75, 3.05) is 0 Å². The Bertz CT molecular complexity index is 1600. The van der Waals surface area contributed by atoms with Crippen molar-refractivity contribution in [1.29, 1.82) is 5.26 Å². The van der Waals surface area contributed by atoms with Crippen LogP contribution in [0.1, 0.15) is 17.0 Å². The summed E-state index contributed by atoms with van der Waals surface area (Å²) in [6.45, 7) is 0. The molecule has 11 heteroatoms. The fraction of sp³-hybridized carbons (Fsp3) is 0.0455. The molecule has 4 rings (SSSR count). The molecule has 33 heavy (non-hydrogen) atoms. The third-order valence-electron chi connectivity index (χ3n) is 5.06. The molecule has 2 heterocycles. The fourth-order valence-corrected chi connectivity index (χ4v) is 5.75. The number of thiazole rings is 1. The van der Waals surface area contributed by atoms with Crippen molar-refractivity contribution in [2.45, 2.75) is 5.92 Å². The van der Waals surface area contributed by atoms with Gasteiger partial charge in [-0.2, -0.15) is 5.26 Å². The largest absolute Gasteiger partial charge is 0.384 e. The third kappa shape index (κ3) is 4.05. The van der Waals surface area contributed by atoms with Crippen LogP contribution in [-0.2, 0) is 4.79 Å². The summed E-state index contributed by atoms with van der Waals surface area (Å²) in [6.07, 6.45) is 1.55. The molecular formula is C22H12Cl4N4O2S. The van der Waals surface area contributed by atoms with E-state index in [0.717, 1.165) is 15.9 Å². The number of amides is 1. The molecule has 0 unspecified atom stereocenters. The van der Waals surface area contributed by atoms with Crippen LogP contribution in [0.15, 0.2) is 46.8 Å². The van der Waals surface area contributed by atoms with Gasteiger partial charge in [0, 0.05) is 20.1 Å². The molecule has 166 valence electrons. The van der Waals surface area contributed by atoms with Gasteiger partial charge in [-0.3, -0.25) is 14.2 Å². The van der Waals surface area contributed by atoms with E-state index in [1.165, 1.54) is 6.07 Å². The minimum Gasteiger partial charge on any atom is -0.384 e. The van der Waals surface area contributed by atoms with E-state index in [-0.39, 0.29) is 31.2 Å². The van der Waals surface area contributed by atoms with Crippen molar-refractivity contribution in [1.82, 2.24) is 4.57 Å². The number of rotatable bonds is 3. The first kappa shape index (κ1) is 23.4. The highest BCUT2D eigenvalue weighted by Gasteiger charge is 2.35. The molecule has 0 spiro atoms. The van der Waals surface area contributed by atoms with Gasteiger partial charge in [-0.1, -0.05) is 58.5 Å². The second-order valence-electron chi connectivity index (χ2n) is 7.01. The molecule has 4 N–H and O–H groups in total. The first-order chi connectivity index (χ1) is 15.6. The number of benzene rings is 2. The molecule has 0 saturated heterocycles. The van der Waals surface area contributed by atoms with Crippen LogP contribution in [-0.4, -0.2) is 10.5 Å². The van der Waals surface area contributed by atoms with Crippen molar-refractivity contribution < 1.29 is 4.79 Å². The maximum Gasteiger partial charge on any atom is 0.274 e. The molecule has 0 aliphatic carbocycles. The monoisotopic (exact) mass is 536 g/mol. The Labute approximate surface area is 211 Å². The van der Waals surface area contributed by atoms with Crippen LogP contribution in [0.5, 0.6) is 0 Å². The van der Waals surface area contributed by atoms with Crippen molar-refractivity contribution in [3.63, 3.8) is 0 Å². The number of carbonyl (C=O) groups excluding carboxylic acids is 1. The molecule has 0 fully saturated rings. The number of nitrogens with two attached hydrogens (primary N) is 2. The fourth-order valence-electron chi connectivity index (χ4n) is 3.59. The Balaban J connectivity index is 2.11. The molecule has 6 nitrogen and oxygen atoms in total. The van der Waals surface area contributed by atoms with E-state index in [0.29, 0.717) is 26.2 Å². The summed E-state index contributed by atoms with van der Waals surface area (Å²) in [5.74, 6) is -1.91. The van der Waals surface area contributed by atoms with Crippen molar-refractivity contribution in [3.05, 3.63) is 92.7 Å². The van der Waals surface area contributed by atoms with Crippen LogP contribution >= 0.6 is 57.7 Å². The smallest absolute Gasteiger partial charge is 0.274 e. The second kappa shape index (κ2) is 8.90. The summed E-state index contributed by atoms with van der Waals surface area (Å²) in [5.41, 5.74) is 12.4. The van der Waals surface area contributed by atoms with Crippen LogP contribution in [0, 0.1) is 11.3 Å². The zero-order valence-corrected chi connectivity index (χ0v) is 20.2.